The average molecular weight is 425 g/mol. The number of sulfone groups is 2. The molecule has 156 valence electrons. The van der Waals surface area contributed by atoms with E-state index in [9.17, 15) is 26.4 Å². The summed E-state index contributed by atoms with van der Waals surface area (Å²) in [5, 5.41) is 0. The Morgan fingerprint density at radius 1 is 1.07 bits per heavy atom. The Hall–Kier alpha value is -1.20. The summed E-state index contributed by atoms with van der Waals surface area (Å²) in [4.78, 5) is 27.7. The topological polar surface area (TPSA) is 118 Å². The number of amides is 1. The minimum atomic E-state index is -3.12. The second-order valence-corrected chi connectivity index (χ2v) is 11.6. The third-order valence-electron chi connectivity index (χ3n) is 4.87. The molecule has 0 saturated carbocycles. The van der Waals surface area contributed by atoms with Crippen molar-refractivity contribution in [3.8, 4) is 0 Å². The van der Waals surface area contributed by atoms with Crippen LogP contribution in [-0.4, -0.2) is 100 Å². The lowest BCUT2D eigenvalue weighted by Crippen LogP contribution is -2.45. The molecule has 2 aliphatic heterocycles. The van der Waals surface area contributed by atoms with Crippen LogP contribution in [0.25, 0.3) is 0 Å². The summed E-state index contributed by atoms with van der Waals surface area (Å²) < 4.78 is 51.3. The van der Waals surface area contributed by atoms with Crippen molar-refractivity contribution >= 4 is 31.6 Å². The summed E-state index contributed by atoms with van der Waals surface area (Å²) in [6, 6.07) is -0.361. The van der Waals surface area contributed by atoms with E-state index in [2.05, 4.69) is 0 Å². The lowest BCUT2D eigenvalue weighted by atomic mass is 10.2. The van der Waals surface area contributed by atoms with Crippen molar-refractivity contribution in [1.82, 2.24) is 9.80 Å². The zero-order valence-electron chi connectivity index (χ0n) is 15.6. The zero-order chi connectivity index (χ0) is 20.1. The van der Waals surface area contributed by atoms with Crippen LogP contribution < -0.4 is 0 Å². The zero-order valence-corrected chi connectivity index (χ0v) is 17.3. The standard InChI is InChI=1S/C16H28N2O7S2/c1-2-3-5-18(14-4-8-27(23,24)13-14)15(19)12-25-16(20)11-17-6-9-26(21,22)10-7-17/h14H,2-13H2,1H3. The van der Waals surface area contributed by atoms with Crippen LogP contribution in [0.2, 0.25) is 0 Å². The maximum Gasteiger partial charge on any atom is 0.320 e. The molecule has 2 fully saturated rings. The summed E-state index contributed by atoms with van der Waals surface area (Å²) >= 11 is 0. The van der Waals surface area contributed by atoms with E-state index in [1.54, 1.807) is 4.90 Å². The van der Waals surface area contributed by atoms with Gasteiger partial charge in [-0.05, 0) is 12.8 Å². The van der Waals surface area contributed by atoms with Crippen LogP contribution in [0.3, 0.4) is 0 Å². The fourth-order valence-corrected chi connectivity index (χ4v) is 6.23. The minimum Gasteiger partial charge on any atom is -0.455 e. The van der Waals surface area contributed by atoms with Crippen LogP contribution in [0.4, 0.5) is 0 Å². The van der Waals surface area contributed by atoms with Gasteiger partial charge < -0.3 is 9.64 Å². The van der Waals surface area contributed by atoms with Gasteiger partial charge in [-0.3, -0.25) is 14.5 Å². The second-order valence-electron chi connectivity index (χ2n) is 7.09. The first-order chi connectivity index (χ1) is 12.6. The Balaban J connectivity index is 1.83. The Morgan fingerprint density at radius 3 is 2.30 bits per heavy atom. The van der Waals surface area contributed by atoms with Crippen molar-refractivity contribution < 1.29 is 31.2 Å². The molecule has 2 aliphatic rings. The number of hydrogen-bond acceptors (Lipinski definition) is 8. The van der Waals surface area contributed by atoms with Crippen molar-refractivity contribution in [3.63, 3.8) is 0 Å². The van der Waals surface area contributed by atoms with Gasteiger partial charge in [0.25, 0.3) is 5.91 Å². The lowest BCUT2D eigenvalue weighted by molar-refractivity contribution is -0.153. The van der Waals surface area contributed by atoms with E-state index in [1.807, 2.05) is 6.92 Å². The normalized spacial score (nSPS) is 24.4. The molecule has 0 aliphatic carbocycles. The van der Waals surface area contributed by atoms with Crippen LogP contribution in [0, 0.1) is 0 Å². The van der Waals surface area contributed by atoms with Crippen LogP contribution >= 0.6 is 0 Å². The van der Waals surface area contributed by atoms with Crippen molar-refractivity contribution in [3.05, 3.63) is 0 Å². The Kier molecular flexibility index (Phi) is 7.64. The van der Waals surface area contributed by atoms with E-state index in [4.69, 9.17) is 4.74 Å². The van der Waals surface area contributed by atoms with Crippen molar-refractivity contribution in [2.75, 3.05) is 55.8 Å². The number of carbonyl (C=O) groups is 2. The highest BCUT2D eigenvalue weighted by Crippen LogP contribution is 2.18. The third-order valence-corrected chi connectivity index (χ3v) is 8.23. The third kappa shape index (κ3) is 7.04. The Labute approximate surface area is 160 Å². The van der Waals surface area contributed by atoms with Gasteiger partial charge in [0.05, 0.1) is 29.6 Å². The van der Waals surface area contributed by atoms with Crippen LogP contribution in [0.1, 0.15) is 26.2 Å². The Bertz CT molecular complexity index is 735. The lowest BCUT2D eigenvalue weighted by Gasteiger charge is -2.28. The monoisotopic (exact) mass is 424 g/mol. The van der Waals surface area contributed by atoms with Gasteiger partial charge in [-0.2, -0.15) is 0 Å². The fourth-order valence-electron chi connectivity index (χ4n) is 3.22. The highest BCUT2D eigenvalue weighted by Gasteiger charge is 2.34. The predicted octanol–water partition coefficient (Wildman–Crippen LogP) is -0.924. The molecule has 0 N–H and O–H groups in total. The first-order valence-corrected chi connectivity index (χ1v) is 12.8. The van der Waals surface area contributed by atoms with E-state index in [1.165, 1.54) is 4.90 Å². The van der Waals surface area contributed by atoms with Gasteiger partial charge in [0.2, 0.25) is 0 Å². The predicted molar refractivity (Wildman–Crippen MR) is 99.7 cm³/mol. The van der Waals surface area contributed by atoms with Crippen LogP contribution in [0.15, 0.2) is 0 Å². The van der Waals surface area contributed by atoms with Crippen molar-refractivity contribution in [2.45, 2.75) is 32.2 Å². The van der Waals surface area contributed by atoms with Crippen LogP contribution in [-0.2, 0) is 34.0 Å². The van der Waals surface area contributed by atoms with E-state index in [0.29, 0.717) is 13.0 Å². The second kappa shape index (κ2) is 9.33. The molecule has 2 rings (SSSR count). The summed E-state index contributed by atoms with van der Waals surface area (Å²) in [5.41, 5.74) is 0. The molecule has 9 nitrogen and oxygen atoms in total. The molecule has 0 radical (unpaired) electrons. The number of carbonyl (C=O) groups excluding carboxylic acids is 2. The molecule has 1 unspecified atom stereocenters. The number of esters is 1. The highest BCUT2D eigenvalue weighted by atomic mass is 32.2. The molecule has 1 amide bonds. The average Bonchev–Trinajstić information content (AvgIpc) is 2.95. The van der Waals surface area contributed by atoms with Crippen molar-refractivity contribution in [2.24, 2.45) is 0 Å². The molecular formula is C16H28N2O7S2. The first-order valence-electron chi connectivity index (χ1n) is 9.20. The molecular weight excluding hydrogens is 396 g/mol. The number of nitrogens with zero attached hydrogens (tertiary/aromatic N) is 2. The molecule has 27 heavy (non-hydrogen) atoms. The van der Waals surface area contributed by atoms with E-state index in [-0.39, 0.29) is 54.6 Å². The van der Waals surface area contributed by atoms with Gasteiger partial charge in [-0.15, -0.1) is 0 Å². The molecule has 0 aromatic rings. The van der Waals surface area contributed by atoms with E-state index >= 15 is 0 Å². The molecule has 0 aromatic heterocycles. The number of rotatable bonds is 8. The van der Waals surface area contributed by atoms with Gasteiger partial charge in [-0.1, -0.05) is 13.3 Å². The molecule has 2 saturated heterocycles. The SMILES string of the molecule is CCCCN(C(=O)COC(=O)CN1CCS(=O)(=O)CC1)C1CCS(=O)(=O)C1. The Morgan fingerprint density at radius 2 is 1.74 bits per heavy atom. The number of hydrogen-bond donors (Lipinski definition) is 0. The number of unbranched alkanes of at least 4 members (excludes halogenated alkanes) is 1. The maximum atomic E-state index is 12.5. The van der Waals surface area contributed by atoms with Gasteiger partial charge in [0.1, 0.15) is 0 Å². The van der Waals surface area contributed by atoms with E-state index in [0.717, 1.165) is 12.8 Å². The van der Waals surface area contributed by atoms with E-state index < -0.39 is 32.3 Å². The highest BCUT2D eigenvalue weighted by molar-refractivity contribution is 7.91. The summed E-state index contributed by atoms with van der Waals surface area (Å²) in [5.74, 6) is -0.915. The molecule has 0 spiro atoms. The fraction of sp³-hybridized carbons (Fsp3) is 0.875. The van der Waals surface area contributed by atoms with Gasteiger partial charge in [0.15, 0.2) is 26.3 Å². The van der Waals surface area contributed by atoms with Crippen molar-refractivity contribution in [1.29, 1.82) is 0 Å². The number of ether oxygens (including phenoxy) is 1. The molecule has 2 heterocycles. The molecule has 0 aromatic carbocycles. The first kappa shape index (κ1) is 22.1. The quantitative estimate of drug-likeness (QED) is 0.459. The maximum absolute atomic E-state index is 12.5. The van der Waals surface area contributed by atoms with Gasteiger partial charge in [-0.25, -0.2) is 16.8 Å². The smallest absolute Gasteiger partial charge is 0.320 e. The summed E-state index contributed by atoms with van der Waals surface area (Å²) in [6.07, 6.45) is 2.02. The molecule has 1 atom stereocenters. The minimum absolute atomic E-state index is 0.0140. The molecule has 0 bridgehead atoms. The van der Waals surface area contributed by atoms with Gasteiger partial charge in [0, 0.05) is 25.7 Å². The van der Waals surface area contributed by atoms with Gasteiger partial charge >= 0.3 is 5.97 Å². The summed E-state index contributed by atoms with van der Waals surface area (Å²) in [7, 11) is -6.14. The largest absolute Gasteiger partial charge is 0.455 e. The molecule has 11 heteroatoms. The summed E-state index contributed by atoms with van der Waals surface area (Å²) in [6.45, 7) is 2.48. The van der Waals surface area contributed by atoms with Crippen LogP contribution in [0.5, 0.6) is 0 Å².